The van der Waals surface area contributed by atoms with Crippen LogP contribution in [0.25, 0.3) is 0 Å². The van der Waals surface area contributed by atoms with E-state index in [0.29, 0.717) is 0 Å². The quantitative estimate of drug-likeness (QED) is 0.127. The molecule has 5 nitrogen and oxygen atoms in total. The zero-order valence-electron chi connectivity index (χ0n) is 16.8. The standard InChI is InChI=1S/C13H3F21O5/c1-2-3(35)36-8(23,24)9(25,26)38-12(31,32)13(33,34)39-11(29,30)10(27,28)37-7(21,22)5(16,17)4(14,15)6(18,19)20/h2H,1H2. The van der Waals surface area contributed by atoms with Crippen LogP contribution in [0.1, 0.15) is 0 Å². The second-order valence-corrected chi connectivity index (χ2v) is 6.20. The van der Waals surface area contributed by atoms with E-state index in [9.17, 15) is 97.0 Å². The Bertz CT molecular complexity index is 906. The first-order chi connectivity index (χ1) is 16.6. The van der Waals surface area contributed by atoms with Gasteiger partial charge in [0.05, 0.1) is 0 Å². The van der Waals surface area contributed by atoms with Crippen molar-refractivity contribution < 1.29 is 116 Å². The Morgan fingerprint density at radius 2 is 0.692 bits per heavy atom. The molecule has 0 bridgehead atoms. The van der Waals surface area contributed by atoms with E-state index in [4.69, 9.17) is 0 Å². The predicted octanol–water partition coefficient (Wildman–Crippen LogP) is 6.75. The van der Waals surface area contributed by atoms with E-state index in [0.717, 1.165) is 4.74 Å². The molecule has 0 aliphatic carbocycles. The van der Waals surface area contributed by atoms with Gasteiger partial charge in [-0.3, -0.25) is 0 Å². The van der Waals surface area contributed by atoms with Crippen molar-refractivity contribution in [2.45, 2.75) is 60.8 Å². The van der Waals surface area contributed by atoms with Crippen molar-refractivity contribution in [3.8, 4) is 0 Å². The monoisotopic (exact) mass is 638 g/mol. The van der Waals surface area contributed by atoms with E-state index < -0.39 is 66.8 Å². The molecule has 0 unspecified atom stereocenters. The van der Waals surface area contributed by atoms with Gasteiger partial charge < -0.3 is 4.74 Å². The molecule has 0 N–H and O–H groups in total. The number of rotatable bonds is 13. The van der Waals surface area contributed by atoms with Crippen LogP contribution in [0.3, 0.4) is 0 Å². The first-order valence-corrected chi connectivity index (χ1v) is 8.00. The molecule has 0 saturated carbocycles. The van der Waals surface area contributed by atoms with Crippen molar-refractivity contribution in [3.63, 3.8) is 0 Å². The van der Waals surface area contributed by atoms with E-state index in [1.54, 1.807) is 0 Å². The van der Waals surface area contributed by atoms with Gasteiger partial charge in [-0.1, -0.05) is 6.58 Å². The maximum absolute atomic E-state index is 13.2. The molecule has 0 aromatic heterocycles. The lowest BCUT2D eigenvalue weighted by Gasteiger charge is -2.37. The Hall–Kier alpha value is -2.38. The summed E-state index contributed by atoms with van der Waals surface area (Å²) < 4.78 is 276. The van der Waals surface area contributed by atoms with Crippen LogP contribution in [0.2, 0.25) is 0 Å². The third-order valence-corrected chi connectivity index (χ3v) is 3.30. The summed E-state index contributed by atoms with van der Waals surface area (Å²) in [4.78, 5) is 10.4. The third kappa shape index (κ3) is 6.86. The van der Waals surface area contributed by atoms with Crippen molar-refractivity contribution >= 4 is 5.97 Å². The van der Waals surface area contributed by atoms with Crippen molar-refractivity contribution in [1.82, 2.24) is 0 Å². The summed E-state index contributed by atoms with van der Waals surface area (Å²) in [6, 6.07) is 0. The van der Waals surface area contributed by atoms with E-state index in [1.807, 2.05) is 0 Å². The maximum Gasteiger partial charge on any atom is 0.496 e. The Balaban J connectivity index is 6.21. The van der Waals surface area contributed by atoms with E-state index in [-0.39, 0.29) is 6.08 Å². The average Bonchev–Trinajstić information content (AvgIpc) is 2.63. The van der Waals surface area contributed by atoms with Crippen LogP contribution in [0.4, 0.5) is 92.2 Å². The summed E-state index contributed by atoms with van der Waals surface area (Å²) in [6.07, 6.45) is -62.0. The van der Waals surface area contributed by atoms with Crippen LogP contribution < -0.4 is 0 Å². The van der Waals surface area contributed by atoms with Crippen LogP contribution in [-0.2, 0) is 23.7 Å². The van der Waals surface area contributed by atoms with Gasteiger partial charge in [-0.15, -0.1) is 0 Å². The molecule has 232 valence electrons. The minimum atomic E-state index is -8.29. The van der Waals surface area contributed by atoms with Gasteiger partial charge in [0, 0.05) is 6.08 Å². The van der Waals surface area contributed by atoms with Crippen LogP contribution in [-0.4, -0.2) is 66.8 Å². The second kappa shape index (κ2) is 9.91. The summed E-state index contributed by atoms with van der Waals surface area (Å²) in [6.45, 7) is 2.32. The van der Waals surface area contributed by atoms with Crippen LogP contribution in [0, 0.1) is 0 Å². The summed E-state index contributed by atoms with van der Waals surface area (Å²) in [5, 5.41) is 0. The van der Waals surface area contributed by atoms with E-state index in [2.05, 4.69) is 11.3 Å². The topological polar surface area (TPSA) is 54.0 Å². The number of carbonyl (C=O) groups excluding carboxylic acids is 1. The molecule has 0 spiro atoms. The predicted molar refractivity (Wildman–Crippen MR) is 70.1 cm³/mol. The van der Waals surface area contributed by atoms with Gasteiger partial charge in [0.25, 0.3) is 0 Å². The Labute approximate surface area is 197 Å². The molecular weight excluding hydrogens is 635 g/mol. The molecule has 0 radical (unpaired) electrons. The number of alkyl halides is 21. The van der Waals surface area contributed by atoms with Crippen molar-refractivity contribution in [2.24, 2.45) is 0 Å². The third-order valence-electron chi connectivity index (χ3n) is 3.30. The Kier molecular flexibility index (Phi) is 9.31. The lowest BCUT2D eigenvalue weighted by molar-refractivity contribution is -0.577. The van der Waals surface area contributed by atoms with Crippen LogP contribution in [0.15, 0.2) is 12.7 Å². The molecule has 0 amide bonds. The molecule has 0 aromatic carbocycles. The number of hydrogen-bond donors (Lipinski definition) is 0. The zero-order valence-corrected chi connectivity index (χ0v) is 16.8. The lowest BCUT2D eigenvalue weighted by Crippen LogP contribution is -2.65. The molecule has 0 atom stereocenters. The molecular formula is C13H3F21O5. The molecule has 39 heavy (non-hydrogen) atoms. The van der Waals surface area contributed by atoms with Gasteiger partial charge in [0.1, 0.15) is 0 Å². The highest BCUT2D eigenvalue weighted by Gasteiger charge is 2.85. The number of esters is 1. The molecule has 0 fully saturated rings. The summed E-state index contributed by atoms with van der Waals surface area (Å²) in [7, 11) is 0. The highest BCUT2D eigenvalue weighted by atomic mass is 19.4. The van der Waals surface area contributed by atoms with Gasteiger partial charge in [0.15, 0.2) is 0 Å². The SMILES string of the molecule is C=CC(=O)OC(F)(F)C(F)(F)OC(F)(F)C(F)(F)OC(F)(F)C(F)(F)OC(F)(F)C(F)(F)C(F)(F)C(F)(F)F. The van der Waals surface area contributed by atoms with Gasteiger partial charge in [-0.2, -0.15) is 92.2 Å². The van der Waals surface area contributed by atoms with Crippen molar-refractivity contribution in [1.29, 1.82) is 0 Å². The highest BCUT2D eigenvalue weighted by molar-refractivity contribution is 5.81. The smallest absolute Gasteiger partial charge is 0.391 e. The van der Waals surface area contributed by atoms with Gasteiger partial charge in [-0.05, 0) is 0 Å². The molecule has 0 rings (SSSR count). The lowest BCUT2D eigenvalue weighted by atomic mass is 10.1. The fourth-order valence-corrected chi connectivity index (χ4v) is 1.43. The molecule has 0 heterocycles. The maximum atomic E-state index is 13.2. The number of hydrogen-bond acceptors (Lipinski definition) is 5. The largest absolute Gasteiger partial charge is 0.496 e. The van der Waals surface area contributed by atoms with E-state index >= 15 is 0 Å². The Morgan fingerprint density at radius 3 is 0.949 bits per heavy atom. The number of carbonyl (C=O) groups is 1. The highest BCUT2D eigenvalue weighted by Crippen LogP contribution is 2.56. The van der Waals surface area contributed by atoms with Crippen LogP contribution in [0.5, 0.6) is 0 Å². The minimum absolute atomic E-state index is 0.383. The molecule has 0 saturated heterocycles. The van der Waals surface area contributed by atoms with Gasteiger partial charge >= 0.3 is 66.8 Å². The summed E-state index contributed by atoms with van der Waals surface area (Å²) in [5.74, 6) is -19.0. The Morgan fingerprint density at radius 1 is 0.436 bits per heavy atom. The van der Waals surface area contributed by atoms with Crippen molar-refractivity contribution in [2.75, 3.05) is 0 Å². The summed E-state index contributed by atoms with van der Waals surface area (Å²) >= 11 is 0. The number of halogens is 21. The van der Waals surface area contributed by atoms with Crippen molar-refractivity contribution in [3.05, 3.63) is 12.7 Å². The average molecular weight is 638 g/mol. The molecule has 0 aliphatic heterocycles. The summed E-state index contributed by atoms with van der Waals surface area (Å²) in [5.41, 5.74) is 0. The van der Waals surface area contributed by atoms with Gasteiger partial charge in [-0.25, -0.2) is 19.0 Å². The zero-order chi connectivity index (χ0) is 32.1. The molecule has 0 aromatic rings. The normalized spacial score (nSPS) is 15.8. The fourth-order valence-electron chi connectivity index (χ4n) is 1.43. The molecule has 0 aliphatic rings. The first-order valence-electron chi connectivity index (χ1n) is 8.00. The van der Waals surface area contributed by atoms with E-state index in [1.165, 1.54) is 9.47 Å². The van der Waals surface area contributed by atoms with Crippen LogP contribution >= 0.6 is 0 Å². The first kappa shape index (κ1) is 36.6. The minimum Gasteiger partial charge on any atom is -0.391 e. The second-order valence-electron chi connectivity index (χ2n) is 6.20. The number of ether oxygens (including phenoxy) is 4. The fraction of sp³-hybridized carbons (Fsp3) is 0.769. The van der Waals surface area contributed by atoms with Gasteiger partial charge in [0.2, 0.25) is 0 Å². The molecule has 26 heteroatoms.